The van der Waals surface area contributed by atoms with Crippen LogP contribution in [0, 0.1) is 0 Å². The maximum Gasteiger partial charge on any atom is 0.573 e. The molecule has 6 nitrogen and oxygen atoms in total. The average molecular weight is 336 g/mol. The lowest BCUT2D eigenvalue weighted by Crippen LogP contribution is -2.44. The van der Waals surface area contributed by atoms with Gasteiger partial charge in [0.25, 0.3) is 0 Å². The SMILES string of the molecule is COC(=O)C[C@@](O)(Cc1ccc(OC(F)(F)F)cc1)C(=O)OC. The van der Waals surface area contributed by atoms with Crippen LogP contribution in [0.1, 0.15) is 12.0 Å². The van der Waals surface area contributed by atoms with Gasteiger partial charge in [-0.2, -0.15) is 0 Å². The van der Waals surface area contributed by atoms with Crippen LogP contribution < -0.4 is 4.74 Å². The van der Waals surface area contributed by atoms with Crippen LogP contribution >= 0.6 is 0 Å². The summed E-state index contributed by atoms with van der Waals surface area (Å²) in [5, 5.41) is 10.3. The van der Waals surface area contributed by atoms with E-state index in [4.69, 9.17) is 0 Å². The second-order valence-corrected chi connectivity index (χ2v) is 4.64. The molecule has 0 bridgehead atoms. The Morgan fingerprint density at radius 1 is 1.09 bits per heavy atom. The Morgan fingerprint density at radius 3 is 2.09 bits per heavy atom. The summed E-state index contributed by atoms with van der Waals surface area (Å²) in [6.45, 7) is 0. The Hall–Kier alpha value is -2.29. The first-order valence-electron chi connectivity index (χ1n) is 6.32. The fourth-order valence-corrected chi connectivity index (χ4v) is 1.85. The van der Waals surface area contributed by atoms with Crippen molar-refractivity contribution in [3.05, 3.63) is 29.8 Å². The second-order valence-electron chi connectivity index (χ2n) is 4.64. The lowest BCUT2D eigenvalue weighted by molar-refractivity contribution is -0.274. The molecule has 0 aromatic heterocycles. The van der Waals surface area contributed by atoms with Gasteiger partial charge in [0, 0.05) is 6.42 Å². The van der Waals surface area contributed by atoms with Crippen molar-refractivity contribution in [1.82, 2.24) is 0 Å². The fraction of sp³-hybridized carbons (Fsp3) is 0.429. The van der Waals surface area contributed by atoms with E-state index in [0.29, 0.717) is 5.56 Å². The maximum absolute atomic E-state index is 12.1. The molecule has 128 valence electrons. The minimum absolute atomic E-state index is 0.302. The van der Waals surface area contributed by atoms with Crippen LogP contribution in [0.4, 0.5) is 13.2 Å². The van der Waals surface area contributed by atoms with Crippen LogP contribution in [0.2, 0.25) is 0 Å². The van der Waals surface area contributed by atoms with E-state index in [9.17, 15) is 27.9 Å². The van der Waals surface area contributed by atoms with Crippen molar-refractivity contribution in [1.29, 1.82) is 0 Å². The molecule has 0 aliphatic carbocycles. The van der Waals surface area contributed by atoms with Gasteiger partial charge in [0.2, 0.25) is 0 Å². The summed E-state index contributed by atoms with van der Waals surface area (Å²) < 4.78 is 48.8. The van der Waals surface area contributed by atoms with Crippen molar-refractivity contribution in [2.45, 2.75) is 24.8 Å². The number of halogens is 3. The van der Waals surface area contributed by atoms with Gasteiger partial charge in [-0.3, -0.25) is 4.79 Å². The van der Waals surface area contributed by atoms with Crippen molar-refractivity contribution < 1.29 is 42.1 Å². The van der Waals surface area contributed by atoms with Gasteiger partial charge in [0.15, 0.2) is 5.60 Å². The molecule has 1 aromatic carbocycles. The third kappa shape index (κ3) is 5.78. The van der Waals surface area contributed by atoms with E-state index in [-0.39, 0.29) is 6.42 Å². The zero-order valence-electron chi connectivity index (χ0n) is 12.3. The topological polar surface area (TPSA) is 82.1 Å². The van der Waals surface area contributed by atoms with E-state index in [2.05, 4.69) is 14.2 Å². The van der Waals surface area contributed by atoms with Crippen LogP contribution in [-0.2, 0) is 25.5 Å². The molecule has 1 N–H and O–H groups in total. The first-order valence-corrected chi connectivity index (χ1v) is 6.32. The minimum atomic E-state index is -4.82. The highest BCUT2D eigenvalue weighted by molar-refractivity contribution is 5.85. The fourth-order valence-electron chi connectivity index (χ4n) is 1.85. The maximum atomic E-state index is 12.1. The van der Waals surface area contributed by atoms with Gasteiger partial charge in [0.1, 0.15) is 5.75 Å². The summed E-state index contributed by atoms with van der Waals surface area (Å²) in [5.74, 6) is -2.34. The summed E-state index contributed by atoms with van der Waals surface area (Å²) >= 11 is 0. The number of hydrogen-bond donors (Lipinski definition) is 1. The summed E-state index contributed by atoms with van der Waals surface area (Å²) in [4.78, 5) is 23.0. The number of hydrogen-bond acceptors (Lipinski definition) is 6. The zero-order valence-corrected chi connectivity index (χ0v) is 12.3. The molecule has 0 heterocycles. The van der Waals surface area contributed by atoms with Crippen molar-refractivity contribution in [3.63, 3.8) is 0 Å². The molecule has 0 aliphatic rings. The Labute approximate surface area is 129 Å². The molecule has 0 aliphatic heterocycles. The van der Waals surface area contributed by atoms with Gasteiger partial charge < -0.3 is 19.3 Å². The lowest BCUT2D eigenvalue weighted by atomic mass is 9.91. The smallest absolute Gasteiger partial charge is 0.469 e. The Kier molecular flexibility index (Phi) is 5.97. The number of rotatable bonds is 6. The van der Waals surface area contributed by atoms with Crippen molar-refractivity contribution in [2.24, 2.45) is 0 Å². The van der Waals surface area contributed by atoms with Crippen LogP contribution in [0.25, 0.3) is 0 Å². The van der Waals surface area contributed by atoms with Gasteiger partial charge in [-0.1, -0.05) is 12.1 Å². The molecule has 23 heavy (non-hydrogen) atoms. The number of ether oxygens (including phenoxy) is 3. The summed E-state index contributed by atoms with van der Waals surface area (Å²) in [6, 6.07) is 4.51. The quantitative estimate of drug-likeness (QED) is 0.795. The van der Waals surface area contributed by atoms with E-state index in [1.807, 2.05) is 0 Å². The van der Waals surface area contributed by atoms with Gasteiger partial charge >= 0.3 is 18.3 Å². The molecular formula is C14H15F3O6. The zero-order chi connectivity index (χ0) is 17.7. The molecule has 1 atom stereocenters. The van der Waals surface area contributed by atoms with Crippen LogP contribution in [0.15, 0.2) is 24.3 Å². The van der Waals surface area contributed by atoms with Gasteiger partial charge in [-0.25, -0.2) is 4.79 Å². The summed E-state index contributed by atoms with van der Waals surface area (Å²) in [6.07, 6.45) is -5.82. The molecule has 0 unspecified atom stereocenters. The van der Waals surface area contributed by atoms with Crippen molar-refractivity contribution >= 4 is 11.9 Å². The first kappa shape index (κ1) is 18.8. The number of esters is 2. The molecule has 9 heteroatoms. The first-order chi connectivity index (χ1) is 10.6. The number of alkyl halides is 3. The van der Waals surface area contributed by atoms with E-state index >= 15 is 0 Å². The highest BCUT2D eigenvalue weighted by Crippen LogP contribution is 2.25. The van der Waals surface area contributed by atoms with E-state index in [1.165, 1.54) is 12.1 Å². The number of carbonyl (C=O) groups excluding carboxylic acids is 2. The highest BCUT2D eigenvalue weighted by atomic mass is 19.4. The second kappa shape index (κ2) is 7.32. The molecular weight excluding hydrogens is 321 g/mol. The van der Waals surface area contributed by atoms with Crippen LogP contribution in [-0.4, -0.2) is 43.2 Å². The van der Waals surface area contributed by atoms with E-state index < -0.39 is 36.1 Å². The Balaban J connectivity index is 2.91. The van der Waals surface area contributed by atoms with E-state index in [0.717, 1.165) is 26.4 Å². The third-order valence-electron chi connectivity index (χ3n) is 2.88. The highest BCUT2D eigenvalue weighted by Gasteiger charge is 2.40. The minimum Gasteiger partial charge on any atom is -0.469 e. The van der Waals surface area contributed by atoms with E-state index in [1.54, 1.807) is 0 Å². The van der Waals surface area contributed by atoms with Crippen molar-refractivity contribution in [3.8, 4) is 5.75 Å². The number of methoxy groups -OCH3 is 2. The molecule has 0 saturated heterocycles. The molecule has 0 fully saturated rings. The normalized spacial score (nSPS) is 13.8. The lowest BCUT2D eigenvalue weighted by Gasteiger charge is -2.24. The standard InChI is InChI=1S/C14H15F3O6/c1-21-11(18)8-13(20,12(19)22-2)7-9-3-5-10(6-4-9)23-14(15,16)17/h3-6,20H,7-8H2,1-2H3/t13-/m0/s1. The molecule has 0 saturated carbocycles. The molecule has 1 rings (SSSR count). The number of carbonyl (C=O) groups is 2. The molecule has 0 amide bonds. The summed E-state index contributed by atoms with van der Waals surface area (Å²) in [5.41, 5.74) is -1.88. The predicted octanol–water partition coefficient (Wildman–Crippen LogP) is 1.59. The largest absolute Gasteiger partial charge is 0.573 e. The average Bonchev–Trinajstić information content (AvgIpc) is 2.46. The number of aliphatic hydroxyl groups is 1. The summed E-state index contributed by atoms with van der Waals surface area (Å²) in [7, 11) is 2.12. The molecule has 1 aromatic rings. The Bertz CT molecular complexity index is 555. The van der Waals surface area contributed by atoms with Gasteiger partial charge in [-0.15, -0.1) is 13.2 Å². The molecule has 0 spiro atoms. The van der Waals surface area contributed by atoms with Crippen LogP contribution in [0.3, 0.4) is 0 Å². The van der Waals surface area contributed by atoms with Gasteiger partial charge in [0.05, 0.1) is 20.6 Å². The monoisotopic (exact) mass is 336 g/mol. The van der Waals surface area contributed by atoms with Crippen LogP contribution in [0.5, 0.6) is 5.75 Å². The third-order valence-corrected chi connectivity index (χ3v) is 2.88. The predicted molar refractivity (Wildman–Crippen MR) is 70.4 cm³/mol. The molecule has 0 radical (unpaired) electrons. The number of benzene rings is 1. The van der Waals surface area contributed by atoms with Gasteiger partial charge in [-0.05, 0) is 17.7 Å². The van der Waals surface area contributed by atoms with Crippen molar-refractivity contribution in [2.75, 3.05) is 14.2 Å². The Morgan fingerprint density at radius 2 is 1.65 bits per heavy atom.